The summed E-state index contributed by atoms with van der Waals surface area (Å²) in [5.41, 5.74) is 3.95. The van der Waals surface area contributed by atoms with E-state index in [9.17, 15) is 0 Å². The molecule has 2 heteroatoms. The average molecular weight is 203 g/mol. The second kappa shape index (κ2) is 3.53. The van der Waals surface area contributed by atoms with Crippen molar-refractivity contribution in [3.63, 3.8) is 0 Å². The lowest BCUT2D eigenvalue weighted by Crippen LogP contribution is -2.17. The molecule has 2 aliphatic rings. The number of hydrogen-bond acceptors (Lipinski definition) is 2. The van der Waals surface area contributed by atoms with Crippen LogP contribution in [0.2, 0.25) is 0 Å². The Morgan fingerprint density at radius 1 is 1.27 bits per heavy atom. The van der Waals surface area contributed by atoms with E-state index in [1.807, 2.05) is 0 Å². The highest BCUT2D eigenvalue weighted by Gasteiger charge is 2.27. The average Bonchev–Trinajstić information content (AvgIpc) is 2.98. The predicted octanol–water partition coefficient (Wildman–Crippen LogP) is 2.93. The molecule has 0 amide bonds. The number of anilines is 1. The number of hydrogen-bond donors (Lipinski definition) is 1. The second-order valence-corrected chi connectivity index (χ2v) is 4.75. The molecule has 1 atom stereocenters. The van der Waals surface area contributed by atoms with Crippen molar-refractivity contribution >= 4 is 5.69 Å². The molecule has 2 nitrogen and oxygen atoms in total. The Hall–Kier alpha value is -1.02. The molecular formula is C13H17NO. The standard InChI is InChI=1S/C13H17NO/c1-9(10-2-3-10)14-13-5-4-11-7-15-8-12(11)6-13/h4-6,9-10,14H,2-3,7-8H2,1H3. The van der Waals surface area contributed by atoms with Gasteiger partial charge in [-0.2, -0.15) is 0 Å². The van der Waals surface area contributed by atoms with Crippen LogP contribution < -0.4 is 5.32 Å². The minimum atomic E-state index is 0.616. The zero-order valence-corrected chi connectivity index (χ0v) is 9.12. The molecule has 0 spiro atoms. The van der Waals surface area contributed by atoms with Gasteiger partial charge in [0.25, 0.3) is 0 Å². The van der Waals surface area contributed by atoms with Crippen LogP contribution in [-0.2, 0) is 18.0 Å². The lowest BCUT2D eigenvalue weighted by Gasteiger charge is -2.14. The summed E-state index contributed by atoms with van der Waals surface area (Å²) in [7, 11) is 0. The van der Waals surface area contributed by atoms with Gasteiger partial charge in [0.2, 0.25) is 0 Å². The monoisotopic (exact) mass is 203 g/mol. The lowest BCUT2D eigenvalue weighted by molar-refractivity contribution is 0.134. The molecule has 1 aromatic carbocycles. The molecule has 1 aliphatic carbocycles. The van der Waals surface area contributed by atoms with Crippen LogP contribution in [0, 0.1) is 5.92 Å². The van der Waals surface area contributed by atoms with Gasteiger partial charge in [-0.3, -0.25) is 0 Å². The molecule has 0 radical (unpaired) electrons. The summed E-state index contributed by atoms with van der Waals surface area (Å²) in [6.45, 7) is 3.85. The number of nitrogens with one attached hydrogen (secondary N) is 1. The highest BCUT2D eigenvalue weighted by Crippen LogP contribution is 2.34. The smallest absolute Gasteiger partial charge is 0.0725 e. The first-order chi connectivity index (χ1) is 7.33. The summed E-state index contributed by atoms with van der Waals surface area (Å²) < 4.78 is 5.41. The number of rotatable bonds is 3. The summed E-state index contributed by atoms with van der Waals surface area (Å²) in [4.78, 5) is 0. The van der Waals surface area contributed by atoms with Gasteiger partial charge in [-0.1, -0.05) is 6.07 Å². The Bertz CT molecular complexity index is 371. The highest BCUT2D eigenvalue weighted by atomic mass is 16.5. The molecule has 1 unspecified atom stereocenters. The molecule has 15 heavy (non-hydrogen) atoms. The first kappa shape index (κ1) is 9.22. The summed E-state index contributed by atoms with van der Waals surface area (Å²) in [5, 5.41) is 3.58. The Balaban J connectivity index is 1.74. The molecule has 3 rings (SSSR count). The SMILES string of the molecule is CC(Nc1ccc2c(c1)COC2)C1CC1. The van der Waals surface area contributed by atoms with Crippen molar-refractivity contribution in [1.82, 2.24) is 0 Å². The Kier molecular flexibility index (Phi) is 2.17. The number of ether oxygens (including phenoxy) is 1. The van der Waals surface area contributed by atoms with Crippen molar-refractivity contribution in [2.45, 2.75) is 39.0 Å². The molecule has 1 heterocycles. The molecule has 80 valence electrons. The zero-order chi connectivity index (χ0) is 10.3. The normalized spacial score (nSPS) is 21.1. The van der Waals surface area contributed by atoms with Crippen molar-refractivity contribution in [2.75, 3.05) is 5.32 Å². The van der Waals surface area contributed by atoms with Gasteiger partial charge in [0.05, 0.1) is 13.2 Å². The zero-order valence-electron chi connectivity index (χ0n) is 9.12. The molecule has 1 fully saturated rings. The molecule has 0 aromatic heterocycles. The minimum absolute atomic E-state index is 0.616. The van der Waals surface area contributed by atoms with Crippen LogP contribution in [0.5, 0.6) is 0 Å². The Morgan fingerprint density at radius 3 is 2.87 bits per heavy atom. The second-order valence-electron chi connectivity index (χ2n) is 4.75. The van der Waals surface area contributed by atoms with E-state index >= 15 is 0 Å². The maximum absolute atomic E-state index is 5.41. The van der Waals surface area contributed by atoms with Crippen molar-refractivity contribution < 1.29 is 4.74 Å². The van der Waals surface area contributed by atoms with E-state index in [-0.39, 0.29) is 0 Å². The maximum atomic E-state index is 5.41. The fourth-order valence-corrected chi connectivity index (χ4v) is 2.24. The lowest BCUT2D eigenvalue weighted by atomic mass is 10.1. The molecule has 1 aromatic rings. The van der Waals surface area contributed by atoms with Crippen LogP contribution in [0.15, 0.2) is 18.2 Å². The largest absolute Gasteiger partial charge is 0.382 e. The van der Waals surface area contributed by atoms with E-state index in [4.69, 9.17) is 4.74 Å². The van der Waals surface area contributed by atoms with Crippen LogP contribution >= 0.6 is 0 Å². The van der Waals surface area contributed by atoms with Crippen LogP contribution in [0.25, 0.3) is 0 Å². The van der Waals surface area contributed by atoms with Gasteiger partial charge in [-0.25, -0.2) is 0 Å². The van der Waals surface area contributed by atoms with Crippen molar-refractivity contribution in [3.05, 3.63) is 29.3 Å². The highest BCUT2D eigenvalue weighted by molar-refractivity contribution is 5.50. The van der Waals surface area contributed by atoms with E-state index in [1.165, 1.54) is 29.7 Å². The van der Waals surface area contributed by atoms with E-state index < -0.39 is 0 Å². The molecule has 0 saturated heterocycles. The summed E-state index contributed by atoms with van der Waals surface area (Å²) in [5.74, 6) is 0.898. The van der Waals surface area contributed by atoms with Gasteiger partial charge < -0.3 is 10.1 Å². The summed E-state index contributed by atoms with van der Waals surface area (Å²) in [6, 6.07) is 7.21. The third kappa shape index (κ3) is 1.86. The van der Waals surface area contributed by atoms with Crippen molar-refractivity contribution in [3.8, 4) is 0 Å². The van der Waals surface area contributed by atoms with Gasteiger partial charge in [0.1, 0.15) is 0 Å². The minimum Gasteiger partial charge on any atom is -0.382 e. The Morgan fingerprint density at radius 2 is 2.07 bits per heavy atom. The molecule has 1 N–H and O–H groups in total. The first-order valence-electron chi connectivity index (χ1n) is 5.79. The van der Waals surface area contributed by atoms with Crippen LogP contribution in [0.4, 0.5) is 5.69 Å². The quantitative estimate of drug-likeness (QED) is 0.815. The summed E-state index contributed by atoms with van der Waals surface area (Å²) in [6.07, 6.45) is 2.78. The topological polar surface area (TPSA) is 21.3 Å². The van der Waals surface area contributed by atoms with Crippen LogP contribution in [0.1, 0.15) is 30.9 Å². The number of fused-ring (bicyclic) bond motifs is 1. The Labute approximate surface area is 90.6 Å². The molecule has 0 bridgehead atoms. The van der Waals surface area contributed by atoms with Gasteiger partial charge in [0, 0.05) is 11.7 Å². The fraction of sp³-hybridized carbons (Fsp3) is 0.538. The molecule has 1 aliphatic heterocycles. The first-order valence-corrected chi connectivity index (χ1v) is 5.79. The molecule has 1 saturated carbocycles. The van der Waals surface area contributed by atoms with Crippen molar-refractivity contribution in [1.29, 1.82) is 0 Å². The summed E-state index contributed by atoms with van der Waals surface area (Å²) >= 11 is 0. The van der Waals surface area contributed by atoms with E-state index in [0.717, 1.165) is 19.1 Å². The maximum Gasteiger partial charge on any atom is 0.0725 e. The van der Waals surface area contributed by atoms with Crippen LogP contribution in [0.3, 0.4) is 0 Å². The van der Waals surface area contributed by atoms with Gasteiger partial charge in [-0.05, 0) is 48.9 Å². The van der Waals surface area contributed by atoms with E-state index in [2.05, 4.69) is 30.4 Å². The third-order valence-corrected chi connectivity index (χ3v) is 3.44. The van der Waals surface area contributed by atoms with Gasteiger partial charge >= 0.3 is 0 Å². The predicted molar refractivity (Wildman–Crippen MR) is 60.7 cm³/mol. The fourth-order valence-electron chi connectivity index (χ4n) is 2.24. The van der Waals surface area contributed by atoms with Gasteiger partial charge in [0.15, 0.2) is 0 Å². The van der Waals surface area contributed by atoms with E-state index in [1.54, 1.807) is 0 Å². The molecular weight excluding hydrogens is 186 g/mol. The number of benzene rings is 1. The van der Waals surface area contributed by atoms with Crippen molar-refractivity contribution in [2.24, 2.45) is 5.92 Å². The third-order valence-electron chi connectivity index (χ3n) is 3.44. The van der Waals surface area contributed by atoms with Gasteiger partial charge in [-0.15, -0.1) is 0 Å². The van der Waals surface area contributed by atoms with E-state index in [0.29, 0.717) is 6.04 Å². The van der Waals surface area contributed by atoms with Crippen LogP contribution in [-0.4, -0.2) is 6.04 Å².